The summed E-state index contributed by atoms with van der Waals surface area (Å²) in [7, 11) is -3.92. The Morgan fingerprint density at radius 1 is 1.13 bits per heavy atom. The number of non-ortho nitro benzene ring substituents is 1. The summed E-state index contributed by atoms with van der Waals surface area (Å²) in [6.07, 6.45) is 0.915. The van der Waals surface area contributed by atoms with Crippen LogP contribution in [0, 0.1) is 24.0 Å². The molecule has 0 spiro atoms. The fourth-order valence-electron chi connectivity index (χ4n) is 2.83. The number of ether oxygens (including phenoxy) is 1. The molecule has 0 saturated carbocycles. The first-order valence-electron chi connectivity index (χ1n) is 9.24. The molecule has 0 aromatic heterocycles. The Morgan fingerprint density at radius 2 is 1.81 bits per heavy atom. The number of benzene rings is 2. The number of nitrogens with one attached hydrogen (secondary N) is 1. The van der Waals surface area contributed by atoms with Gasteiger partial charge in [-0.05, 0) is 50.1 Å². The van der Waals surface area contributed by atoms with Crippen molar-refractivity contribution < 1.29 is 27.7 Å². The van der Waals surface area contributed by atoms with Gasteiger partial charge in [-0.3, -0.25) is 19.2 Å². The van der Waals surface area contributed by atoms with Crippen LogP contribution in [0.1, 0.15) is 28.4 Å². The Bertz CT molecular complexity index is 1130. The quantitative estimate of drug-likeness (QED) is 0.372. The maximum Gasteiger partial charge on any atom is 0.338 e. The van der Waals surface area contributed by atoms with Crippen LogP contribution in [0.3, 0.4) is 0 Å². The summed E-state index contributed by atoms with van der Waals surface area (Å²) in [6.45, 7) is 4.61. The normalized spacial score (nSPS) is 11.0. The number of nitro benzene ring substituents is 1. The molecule has 2 aromatic rings. The Hall–Kier alpha value is -3.47. The molecule has 0 aliphatic heterocycles. The summed E-state index contributed by atoms with van der Waals surface area (Å²) in [5, 5.41) is 13.7. The molecule has 0 radical (unpaired) electrons. The van der Waals surface area contributed by atoms with E-state index in [2.05, 4.69) is 5.32 Å². The molecule has 1 amide bonds. The van der Waals surface area contributed by atoms with E-state index < -0.39 is 33.4 Å². The highest BCUT2D eigenvalue weighted by Crippen LogP contribution is 2.27. The summed E-state index contributed by atoms with van der Waals surface area (Å²) >= 11 is 0. The Kier molecular flexibility index (Phi) is 7.34. The van der Waals surface area contributed by atoms with Crippen LogP contribution in [0.25, 0.3) is 0 Å². The first kappa shape index (κ1) is 23.8. The molecule has 0 aliphatic carbocycles. The molecule has 10 nitrogen and oxygen atoms in total. The third kappa shape index (κ3) is 6.01. The fourth-order valence-corrected chi connectivity index (χ4v) is 3.73. The number of anilines is 2. The molecule has 0 saturated heterocycles. The standard InChI is InChI=1S/C20H23N3O7S/c1-5-30-20(25)15-7-9-17(14(3)10-15)21-19(24)12-22(31(4,28)29)18-11-16(23(26)27)8-6-13(18)2/h6-11H,5,12H2,1-4H3,(H,21,24). The predicted octanol–water partition coefficient (Wildman–Crippen LogP) is 2.79. The highest BCUT2D eigenvalue weighted by Gasteiger charge is 2.24. The van der Waals surface area contributed by atoms with Crippen molar-refractivity contribution in [2.75, 3.05) is 29.0 Å². The topological polar surface area (TPSA) is 136 Å². The lowest BCUT2D eigenvalue weighted by molar-refractivity contribution is -0.384. The van der Waals surface area contributed by atoms with Gasteiger partial charge in [0.1, 0.15) is 6.54 Å². The predicted molar refractivity (Wildman–Crippen MR) is 116 cm³/mol. The Morgan fingerprint density at radius 3 is 2.35 bits per heavy atom. The number of hydrogen-bond acceptors (Lipinski definition) is 7. The van der Waals surface area contributed by atoms with Gasteiger partial charge in [-0.2, -0.15) is 0 Å². The molecule has 11 heteroatoms. The maximum absolute atomic E-state index is 12.6. The second kappa shape index (κ2) is 9.56. The van der Waals surface area contributed by atoms with Gasteiger partial charge in [-0.25, -0.2) is 13.2 Å². The second-order valence-corrected chi connectivity index (χ2v) is 8.70. The summed E-state index contributed by atoms with van der Waals surface area (Å²) in [6, 6.07) is 8.34. The first-order chi connectivity index (χ1) is 14.4. The van der Waals surface area contributed by atoms with Crippen molar-refractivity contribution in [2.45, 2.75) is 20.8 Å². The van der Waals surface area contributed by atoms with Crippen molar-refractivity contribution in [3.63, 3.8) is 0 Å². The number of rotatable bonds is 8. The van der Waals surface area contributed by atoms with Crippen molar-refractivity contribution in [3.8, 4) is 0 Å². The van der Waals surface area contributed by atoms with E-state index in [-0.39, 0.29) is 18.0 Å². The Balaban J connectivity index is 2.28. The monoisotopic (exact) mass is 449 g/mol. The number of nitro groups is 1. The summed E-state index contributed by atoms with van der Waals surface area (Å²) in [4.78, 5) is 34.9. The number of carbonyl (C=O) groups excluding carboxylic acids is 2. The molecular formula is C20H23N3O7S. The molecule has 1 N–H and O–H groups in total. The molecule has 0 aliphatic rings. The van der Waals surface area contributed by atoms with Crippen LogP contribution in [0.2, 0.25) is 0 Å². The lowest BCUT2D eigenvalue weighted by Gasteiger charge is -2.23. The number of amides is 1. The number of aryl methyl sites for hydroxylation is 2. The molecule has 0 bridgehead atoms. The fraction of sp³-hybridized carbons (Fsp3) is 0.300. The highest BCUT2D eigenvalue weighted by atomic mass is 32.2. The minimum atomic E-state index is -3.92. The molecule has 2 rings (SSSR count). The van der Waals surface area contributed by atoms with Gasteiger partial charge in [-0.1, -0.05) is 6.07 Å². The highest BCUT2D eigenvalue weighted by molar-refractivity contribution is 7.92. The van der Waals surface area contributed by atoms with Gasteiger partial charge >= 0.3 is 5.97 Å². The molecule has 166 valence electrons. The largest absolute Gasteiger partial charge is 0.462 e. The molecule has 0 unspecified atom stereocenters. The molecule has 0 heterocycles. The van der Waals surface area contributed by atoms with E-state index in [0.29, 0.717) is 22.4 Å². The van der Waals surface area contributed by atoms with E-state index in [0.717, 1.165) is 16.6 Å². The van der Waals surface area contributed by atoms with Gasteiger partial charge in [0.2, 0.25) is 15.9 Å². The van der Waals surface area contributed by atoms with Crippen molar-refractivity contribution >= 4 is 39.0 Å². The van der Waals surface area contributed by atoms with E-state index in [9.17, 15) is 28.1 Å². The lowest BCUT2D eigenvalue weighted by Crippen LogP contribution is -2.38. The van der Waals surface area contributed by atoms with E-state index in [1.165, 1.54) is 24.3 Å². The van der Waals surface area contributed by atoms with Crippen LogP contribution < -0.4 is 9.62 Å². The summed E-state index contributed by atoms with van der Waals surface area (Å²) < 4.78 is 30.4. The molecule has 0 fully saturated rings. The second-order valence-electron chi connectivity index (χ2n) is 6.80. The molecular weight excluding hydrogens is 426 g/mol. The van der Waals surface area contributed by atoms with E-state index in [4.69, 9.17) is 4.74 Å². The van der Waals surface area contributed by atoms with Crippen LogP contribution in [-0.2, 0) is 19.6 Å². The van der Waals surface area contributed by atoms with Gasteiger partial charge in [0.05, 0.1) is 29.0 Å². The number of hydrogen-bond donors (Lipinski definition) is 1. The zero-order valence-electron chi connectivity index (χ0n) is 17.5. The van der Waals surface area contributed by atoms with Crippen molar-refractivity contribution in [1.82, 2.24) is 0 Å². The number of sulfonamides is 1. The zero-order chi connectivity index (χ0) is 23.3. The number of esters is 1. The van der Waals surface area contributed by atoms with Gasteiger partial charge in [0.25, 0.3) is 5.69 Å². The van der Waals surface area contributed by atoms with Crippen molar-refractivity contribution in [2.24, 2.45) is 0 Å². The minimum Gasteiger partial charge on any atom is -0.462 e. The van der Waals surface area contributed by atoms with Gasteiger partial charge in [0, 0.05) is 17.8 Å². The van der Waals surface area contributed by atoms with Crippen LogP contribution in [0.5, 0.6) is 0 Å². The number of nitrogens with zero attached hydrogens (tertiary/aromatic N) is 2. The van der Waals surface area contributed by atoms with Gasteiger partial charge < -0.3 is 10.1 Å². The van der Waals surface area contributed by atoms with Crippen molar-refractivity contribution in [1.29, 1.82) is 0 Å². The van der Waals surface area contributed by atoms with Crippen LogP contribution in [-0.4, -0.2) is 44.6 Å². The zero-order valence-corrected chi connectivity index (χ0v) is 18.4. The molecule has 31 heavy (non-hydrogen) atoms. The SMILES string of the molecule is CCOC(=O)c1ccc(NC(=O)CN(c2cc([N+](=O)[O-])ccc2C)S(C)(=O)=O)c(C)c1. The third-order valence-electron chi connectivity index (χ3n) is 4.37. The van der Waals surface area contributed by atoms with Gasteiger partial charge in [0.15, 0.2) is 0 Å². The smallest absolute Gasteiger partial charge is 0.338 e. The van der Waals surface area contributed by atoms with Crippen molar-refractivity contribution in [3.05, 3.63) is 63.2 Å². The van der Waals surface area contributed by atoms with E-state index in [1.807, 2.05) is 0 Å². The lowest BCUT2D eigenvalue weighted by atomic mass is 10.1. The first-order valence-corrected chi connectivity index (χ1v) is 11.1. The summed E-state index contributed by atoms with van der Waals surface area (Å²) in [5.41, 5.74) is 1.50. The Labute approximate surface area is 180 Å². The van der Waals surface area contributed by atoms with Crippen LogP contribution >= 0.6 is 0 Å². The van der Waals surface area contributed by atoms with E-state index in [1.54, 1.807) is 26.8 Å². The number of carbonyl (C=O) groups is 2. The summed E-state index contributed by atoms with van der Waals surface area (Å²) in [5.74, 6) is -1.14. The van der Waals surface area contributed by atoms with E-state index >= 15 is 0 Å². The van der Waals surface area contributed by atoms with Crippen LogP contribution in [0.4, 0.5) is 17.1 Å². The van der Waals surface area contributed by atoms with Crippen LogP contribution in [0.15, 0.2) is 36.4 Å². The minimum absolute atomic E-state index is 0.0428. The molecule has 2 aromatic carbocycles. The third-order valence-corrected chi connectivity index (χ3v) is 5.50. The van der Waals surface area contributed by atoms with Gasteiger partial charge in [-0.15, -0.1) is 0 Å². The maximum atomic E-state index is 12.6. The average molecular weight is 449 g/mol. The molecule has 0 atom stereocenters. The average Bonchev–Trinajstić information content (AvgIpc) is 2.67.